The molecule has 0 fully saturated rings. The summed E-state index contributed by atoms with van der Waals surface area (Å²) in [5.41, 5.74) is 9.14. The molecule has 0 aliphatic heterocycles. The molecule has 2 atom stereocenters. The van der Waals surface area contributed by atoms with Gasteiger partial charge in [0.05, 0.1) is 11.4 Å². The second-order valence-electron chi connectivity index (χ2n) is 7.25. The van der Waals surface area contributed by atoms with Gasteiger partial charge in [-0.1, -0.05) is 11.8 Å². The Morgan fingerprint density at radius 1 is 0.528 bits per heavy atom. The molecule has 0 spiro atoms. The maximum Gasteiger partial charge on any atom is 0.259 e. The van der Waals surface area contributed by atoms with Crippen LogP contribution in [0.5, 0.6) is 11.5 Å². The summed E-state index contributed by atoms with van der Waals surface area (Å²) in [6, 6.07) is 29.3. The van der Waals surface area contributed by atoms with Crippen molar-refractivity contribution in [2.45, 2.75) is 9.79 Å². The zero-order valence-electron chi connectivity index (χ0n) is 18.6. The van der Waals surface area contributed by atoms with Crippen LogP contribution in [0.2, 0.25) is 0 Å². The summed E-state index contributed by atoms with van der Waals surface area (Å²) >= 11 is -2.61. The molecule has 12 heteroatoms. The number of nitrogens with one attached hydrogen (secondary N) is 4. The summed E-state index contributed by atoms with van der Waals surface area (Å²) in [5.74, 6) is 1.26. The Morgan fingerprint density at radius 2 is 0.861 bits per heavy atom. The fourth-order valence-corrected chi connectivity index (χ4v) is 4.50. The van der Waals surface area contributed by atoms with Gasteiger partial charge in [0.15, 0.2) is 0 Å². The summed E-state index contributed by atoms with van der Waals surface area (Å²) in [4.78, 5) is 2.07. The highest BCUT2D eigenvalue weighted by Gasteiger charge is 2.02. The van der Waals surface area contributed by atoms with Gasteiger partial charge in [0.1, 0.15) is 11.5 Å². The molecule has 4 aromatic rings. The molecule has 9 nitrogen and oxygen atoms in total. The lowest BCUT2D eigenvalue weighted by atomic mass is 10.3. The molecule has 0 saturated heterocycles. The molecule has 2 unspecified atom stereocenters. The number of rotatable bonds is 11. The van der Waals surface area contributed by atoms with Gasteiger partial charge < -0.3 is 15.6 Å². The summed E-state index contributed by atoms with van der Waals surface area (Å²) in [5, 5.41) is 0. The van der Waals surface area contributed by atoms with Gasteiger partial charge in [0.25, 0.3) is 22.5 Å². The van der Waals surface area contributed by atoms with Crippen LogP contribution in [0.3, 0.4) is 0 Å². The van der Waals surface area contributed by atoms with E-state index in [1.807, 2.05) is 60.7 Å². The molecule has 0 aliphatic rings. The van der Waals surface area contributed by atoms with Crippen molar-refractivity contribution in [3.63, 3.8) is 0 Å². The van der Waals surface area contributed by atoms with Crippen LogP contribution in [0.25, 0.3) is 0 Å². The molecule has 0 radical (unpaired) electrons. The molecule has 0 aliphatic carbocycles. The minimum atomic E-state index is -2.11. The van der Waals surface area contributed by atoms with E-state index >= 15 is 0 Å². The lowest BCUT2D eigenvalue weighted by Crippen LogP contribution is -2.08. The molecule has 186 valence electrons. The Bertz CT molecular complexity index is 1220. The second-order valence-corrected chi connectivity index (χ2v) is 9.81. The molecule has 6 N–H and O–H groups in total. The van der Waals surface area contributed by atoms with Crippen molar-refractivity contribution < 1.29 is 22.3 Å². The molecule has 4 rings (SSSR count). The second kappa shape index (κ2) is 12.4. The highest BCUT2D eigenvalue weighted by Crippen LogP contribution is 2.30. The van der Waals surface area contributed by atoms with E-state index in [1.54, 1.807) is 48.2 Å². The van der Waals surface area contributed by atoms with E-state index in [-0.39, 0.29) is 0 Å². The van der Waals surface area contributed by atoms with E-state index < -0.39 is 22.5 Å². The van der Waals surface area contributed by atoms with Crippen molar-refractivity contribution in [1.29, 1.82) is 0 Å². The summed E-state index contributed by atoms with van der Waals surface area (Å²) in [7, 11) is 0. The average Bonchev–Trinajstić information content (AvgIpc) is 2.86. The van der Waals surface area contributed by atoms with E-state index in [9.17, 15) is 8.42 Å². The topological polar surface area (TPSA) is 132 Å². The molecule has 0 bridgehead atoms. The molecule has 0 heterocycles. The van der Waals surface area contributed by atoms with E-state index in [2.05, 4.69) is 20.3 Å². The Hall–Kier alpha value is -3.55. The first-order valence-corrected chi connectivity index (χ1v) is 13.5. The summed E-state index contributed by atoms with van der Waals surface area (Å²) in [6.07, 6.45) is 0. The van der Waals surface area contributed by atoms with Crippen molar-refractivity contribution in [1.82, 2.24) is 0 Å². The molecular formula is C24H22N4O5S3. The Balaban J connectivity index is 1.25. The van der Waals surface area contributed by atoms with Gasteiger partial charge >= 0.3 is 0 Å². The smallest absolute Gasteiger partial charge is 0.259 e. The first kappa shape index (κ1) is 25.5. The quantitative estimate of drug-likeness (QED) is 0.0980. The highest BCUT2D eigenvalue weighted by atomic mass is 32.2. The number of hydrazine groups is 1. The fraction of sp³-hybridized carbons (Fsp3) is 0. The number of hydrogen-bond donors (Lipinski definition) is 6. The minimum absolute atomic E-state index is 0.519. The lowest BCUT2D eigenvalue weighted by Gasteiger charge is -2.12. The monoisotopic (exact) mass is 542 g/mol. The van der Waals surface area contributed by atoms with Crippen LogP contribution < -0.4 is 25.0 Å². The van der Waals surface area contributed by atoms with Crippen LogP contribution >= 0.6 is 11.8 Å². The third kappa shape index (κ3) is 8.00. The maximum atomic E-state index is 10.8. The van der Waals surface area contributed by atoms with Crippen molar-refractivity contribution in [3.8, 4) is 11.5 Å². The van der Waals surface area contributed by atoms with Gasteiger partial charge in [0.2, 0.25) is 0 Å². The molecular weight excluding hydrogens is 520 g/mol. The van der Waals surface area contributed by atoms with Crippen molar-refractivity contribution in [3.05, 3.63) is 97.1 Å². The molecule has 36 heavy (non-hydrogen) atoms. The number of benzene rings is 4. The van der Waals surface area contributed by atoms with Gasteiger partial charge in [-0.15, -0.1) is 0 Å². The SMILES string of the molecule is O=S(O)Nc1ccc(Oc2ccc(NNc3ccc(Sc4ccc(NS(=O)O)cc4)cc3)cc2)cc1. The van der Waals surface area contributed by atoms with Crippen LogP contribution in [0, 0.1) is 0 Å². The van der Waals surface area contributed by atoms with Crippen LogP contribution in [0.15, 0.2) is 107 Å². The Kier molecular flexibility index (Phi) is 8.81. The Labute approximate surface area is 217 Å². The third-order valence-electron chi connectivity index (χ3n) is 4.65. The number of hydrogen-bond acceptors (Lipinski definition) is 6. The predicted molar refractivity (Wildman–Crippen MR) is 146 cm³/mol. The lowest BCUT2D eigenvalue weighted by molar-refractivity contribution is 0.483. The van der Waals surface area contributed by atoms with Gasteiger partial charge in [-0.2, -0.15) is 0 Å². The fourth-order valence-electron chi connectivity index (χ4n) is 3.01. The van der Waals surface area contributed by atoms with Gasteiger partial charge in [-0.25, -0.2) is 8.42 Å². The zero-order valence-corrected chi connectivity index (χ0v) is 21.0. The maximum absolute atomic E-state index is 10.8. The van der Waals surface area contributed by atoms with Gasteiger partial charge in [0, 0.05) is 21.2 Å². The van der Waals surface area contributed by atoms with Gasteiger partial charge in [-0.05, 0) is 97.1 Å². The first-order chi connectivity index (χ1) is 17.4. The molecule has 0 saturated carbocycles. The van der Waals surface area contributed by atoms with Crippen molar-refractivity contribution >= 4 is 57.0 Å². The summed E-state index contributed by atoms with van der Waals surface area (Å²) < 4.78 is 49.9. The van der Waals surface area contributed by atoms with Crippen molar-refractivity contribution in [2.75, 3.05) is 20.3 Å². The standard InChI is InChI=1S/C24H22N4O5S3/c29-35(30)27-19-3-11-22(12-4-19)33-21-9-1-17(2-10-21)25-26-18-5-13-23(14-6-18)34-24-15-7-20(8-16-24)28-36(31)32/h1-16,25-28H,(H,29,30)(H,31,32). The first-order valence-electron chi connectivity index (χ1n) is 10.5. The molecule has 0 amide bonds. The number of anilines is 4. The third-order valence-corrected chi connectivity index (χ3v) is 6.49. The predicted octanol–water partition coefficient (Wildman–Crippen LogP) is 6.17. The van der Waals surface area contributed by atoms with E-state index in [0.29, 0.717) is 22.9 Å². The summed E-state index contributed by atoms with van der Waals surface area (Å²) in [6.45, 7) is 0. The van der Waals surface area contributed by atoms with Gasteiger partial charge in [-0.3, -0.25) is 18.5 Å². The van der Waals surface area contributed by atoms with Crippen LogP contribution in [-0.4, -0.2) is 17.5 Å². The van der Waals surface area contributed by atoms with E-state index in [4.69, 9.17) is 13.8 Å². The molecule has 0 aromatic heterocycles. The molecule has 4 aromatic carbocycles. The van der Waals surface area contributed by atoms with Crippen LogP contribution in [-0.2, 0) is 22.5 Å². The van der Waals surface area contributed by atoms with Crippen molar-refractivity contribution in [2.24, 2.45) is 0 Å². The van der Waals surface area contributed by atoms with E-state index in [1.165, 1.54) is 0 Å². The van der Waals surface area contributed by atoms with E-state index in [0.717, 1.165) is 21.2 Å². The number of ether oxygens (including phenoxy) is 1. The zero-order chi connectivity index (χ0) is 25.3. The minimum Gasteiger partial charge on any atom is -0.457 e. The largest absolute Gasteiger partial charge is 0.457 e. The average molecular weight is 543 g/mol. The van der Waals surface area contributed by atoms with Crippen LogP contribution in [0.4, 0.5) is 22.7 Å². The van der Waals surface area contributed by atoms with Crippen LogP contribution in [0.1, 0.15) is 0 Å². The Morgan fingerprint density at radius 3 is 1.25 bits per heavy atom. The highest BCUT2D eigenvalue weighted by molar-refractivity contribution is 7.99. The normalized spacial score (nSPS) is 12.3.